The number of rotatable bonds is 6. The Bertz CT molecular complexity index is 467. The summed E-state index contributed by atoms with van der Waals surface area (Å²) in [7, 11) is 1.52. The Morgan fingerprint density at radius 2 is 2.00 bits per heavy atom. The molecule has 1 unspecified atom stereocenters. The summed E-state index contributed by atoms with van der Waals surface area (Å²) in [5.74, 6) is 0.247. The van der Waals surface area contributed by atoms with E-state index in [1.165, 1.54) is 14.0 Å². The zero-order valence-corrected chi connectivity index (χ0v) is 11.6. The smallest absolute Gasteiger partial charge is 0.347 e. The fraction of sp³-hybridized carbons (Fsp3) is 0.429. The van der Waals surface area contributed by atoms with E-state index in [2.05, 4.69) is 0 Å². The molecule has 1 aromatic rings. The zero-order valence-electron chi connectivity index (χ0n) is 11.6. The van der Waals surface area contributed by atoms with Crippen LogP contribution >= 0.6 is 0 Å². The van der Waals surface area contributed by atoms with Gasteiger partial charge in [-0.05, 0) is 32.9 Å². The number of methoxy groups -OCH3 is 1. The monoisotopic (exact) mass is 266 g/mol. The molecule has 0 spiro atoms. The minimum atomic E-state index is -0.787. The van der Waals surface area contributed by atoms with Crippen molar-refractivity contribution in [3.05, 3.63) is 23.8 Å². The molecule has 0 heterocycles. The summed E-state index contributed by atoms with van der Waals surface area (Å²) in [4.78, 5) is 23.0. The van der Waals surface area contributed by atoms with Gasteiger partial charge in [-0.1, -0.05) is 0 Å². The van der Waals surface area contributed by atoms with Crippen molar-refractivity contribution in [3.63, 3.8) is 0 Å². The van der Waals surface area contributed by atoms with Crippen LogP contribution in [-0.2, 0) is 9.53 Å². The number of hydrogen-bond acceptors (Lipinski definition) is 5. The van der Waals surface area contributed by atoms with Crippen molar-refractivity contribution in [1.82, 2.24) is 0 Å². The van der Waals surface area contributed by atoms with Gasteiger partial charge in [0.1, 0.15) is 11.5 Å². The average molecular weight is 266 g/mol. The molecule has 0 bridgehead atoms. The van der Waals surface area contributed by atoms with Crippen molar-refractivity contribution in [3.8, 4) is 11.5 Å². The lowest BCUT2D eigenvalue weighted by Gasteiger charge is -2.16. The van der Waals surface area contributed by atoms with E-state index in [0.29, 0.717) is 17.1 Å². The maximum atomic E-state index is 11.5. The first kappa shape index (κ1) is 15.0. The minimum absolute atomic E-state index is 0.145. The summed E-state index contributed by atoms with van der Waals surface area (Å²) in [6.07, 6.45) is -0.787. The molecule has 0 aliphatic heterocycles. The summed E-state index contributed by atoms with van der Waals surface area (Å²) < 4.78 is 15.4. The Kier molecular flexibility index (Phi) is 5.36. The third-order valence-corrected chi connectivity index (χ3v) is 2.49. The van der Waals surface area contributed by atoms with Gasteiger partial charge in [0.05, 0.1) is 19.3 Å². The first-order chi connectivity index (χ1) is 8.99. The summed E-state index contributed by atoms with van der Waals surface area (Å²) >= 11 is 0. The minimum Gasteiger partial charge on any atom is -0.497 e. The Balaban J connectivity index is 2.97. The predicted octanol–water partition coefficient (Wildman–Crippen LogP) is 2.23. The Hall–Kier alpha value is -2.04. The molecule has 0 fully saturated rings. The molecule has 0 aromatic heterocycles. The number of benzene rings is 1. The Morgan fingerprint density at radius 3 is 2.53 bits per heavy atom. The average Bonchev–Trinajstić information content (AvgIpc) is 2.38. The molecular formula is C14H18O5. The number of Topliss-reactive ketones (excluding diaryl/α,β-unsaturated/α-hetero) is 1. The Labute approximate surface area is 112 Å². The van der Waals surface area contributed by atoms with Crippen LogP contribution in [0.3, 0.4) is 0 Å². The van der Waals surface area contributed by atoms with Crippen LogP contribution in [0.5, 0.6) is 11.5 Å². The first-order valence-corrected chi connectivity index (χ1v) is 6.01. The lowest BCUT2D eigenvalue weighted by molar-refractivity contribution is -0.150. The molecule has 5 heteroatoms. The third kappa shape index (κ3) is 3.98. The quantitative estimate of drug-likeness (QED) is 0.583. The van der Waals surface area contributed by atoms with E-state index in [4.69, 9.17) is 14.2 Å². The molecule has 104 valence electrons. The molecular weight excluding hydrogens is 248 g/mol. The van der Waals surface area contributed by atoms with Gasteiger partial charge in [0.2, 0.25) is 0 Å². The van der Waals surface area contributed by atoms with E-state index in [0.717, 1.165) is 0 Å². The van der Waals surface area contributed by atoms with E-state index in [-0.39, 0.29) is 12.4 Å². The predicted molar refractivity (Wildman–Crippen MR) is 69.7 cm³/mol. The maximum absolute atomic E-state index is 11.5. The van der Waals surface area contributed by atoms with Gasteiger partial charge >= 0.3 is 5.97 Å². The molecule has 1 atom stereocenters. The van der Waals surface area contributed by atoms with Crippen molar-refractivity contribution < 1.29 is 23.8 Å². The van der Waals surface area contributed by atoms with Crippen molar-refractivity contribution in [2.75, 3.05) is 13.7 Å². The topological polar surface area (TPSA) is 61.8 Å². The molecule has 0 amide bonds. The third-order valence-electron chi connectivity index (χ3n) is 2.49. The number of hydrogen-bond donors (Lipinski definition) is 0. The van der Waals surface area contributed by atoms with Crippen molar-refractivity contribution in [2.45, 2.75) is 26.9 Å². The highest BCUT2D eigenvalue weighted by Crippen LogP contribution is 2.26. The molecule has 0 radical (unpaired) electrons. The van der Waals surface area contributed by atoms with Crippen LogP contribution in [-0.4, -0.2) is 31.6 Å². The fourth-order valence-electron chi connectivity index (χ4n) is 1.52. The molecule has 0 N–H and O–H groups in total. The highest BCUT2D eigenvalue weighted by molar-refractivity contribution is 5.97. The summed E-state index contributed by atoms with van der Waals surface area (Å²) in [6.45, 7) is 5.01. The van der Waals surface area contributed by atoms with E-state index in [1.54, 1.807) is 32.0 Å². The maximum Gasteiger partial charge on any atom is 0.347 e. The molecule has 0 saturated heterocycles. The van der Waals surface area contributed by atoms with Crippen LogP contribution < -0.4 is 9.47 Å². The van der Waals surface area contributed by atoms with Crippen LogP contribution in [0, 0.1) is 0 Å². The van der Waals surface area contributed by atoms with Gasteiger partial charge in [-0.25, -0.2) is 4.79 Å². The molecule has 19 heavy (non-hydrogen) atoms. The van der Waals surface area contributed by atoms with E-state index in [9.17, 15) is 9.59 Å². The van der Waals surface area contributed by atoms with Gasteiger partial charge in [0.25, 0.3) is 0 Å². The fourth-order valence-corrected chi connectivity index (χ4v) is 1.52. The van der Waals surface area contributed by atoms with Crippen LogP contribution in [0.1, 0.15) is 31.1 Å². The second-order valence-corrected chi connectivity index (χ2v) is 3.93. The van der Waals surface area contributed by atoms with Crippen LogP contribution in [0.4, 0.5) is 0 Å². The normalized spacial score (nSPS) is 11.6. The first-order valence-electron chi connectivity index (χ1n) is 6.01. The van der Waals surface area contributed by atoms with Crippen molar-refractivity contribution in [2.24, 2.45) is 0 Å². The van der Waals surface area contributed by atoms with Crippen LogP contribution in [0.25, 0.3) is 0 Å². The molecule has 0 aliphatic rings. The lowest BCUT2D eigenvalue weighted by Crippen LogP contribution is -2.26. The summed E-state index contributed by atoms with van der Waals surface area (Å²) in [5, 5.41) is 0. The molecule has 0 aliphatic carbocycles. The second kappa shape index (κ2) is 6.78. The van der Waals surface area contributed by atoms with Gasteiger partial charge in [-0.2, -0.15) is 0 Å². The van der Waals surface area contributed by atoms with Gasteiger partial charge < -0.3 is 14.2 Å². The standard InChI is InChI=1S/C14H18O5/c1-5-18-14(16)10(3)19-13-8-11(17-4)6-7-12(13)9(2)15/h6-8,10H,5H2,1-4H3. The van der Waals surface area contributed by atoms with Crippen molar-refractivity contribution in [1.29, 1.82) is 0 Å². The van der Waals surface area contributed by atoms with Crippen LogP contribution in [0.2, 0.25) is 0 Å². The number of ketones is 1. The van der Waals surface area contributed by atoms with Gasteiger partial charge in [0.15, 0.2) is 11.9 Å². The summed E-state index contributed by atoms with van der Waals surface area (Å²) in [6, 6.07) is 4.85. The van der Waals surface area contributed by atoms with Gasteiger partial charge in [-0.15, -0.1) is 0 Å². The van der Waals surface area contributed by atoms with E-state index in [1.807, 2.05) is 0 Å². The van der Waals surface area contributed by atoms with Crippen molar-refractivity contribution >= 4 is 11.8 Å². The van der Waals surface area contributed by atoms with Crippen LogP contribution in [0.15, 0.2) is 18.2 Å². The van der Waals surface area contributed by atoms with Gasteiger partial charge in [0, 0.05) is 6.07 Å². The highest BCUT2D eigenvalue weighted by atomic mass is 16.6. The number of carbonyl (C=O) groups excluding carboxylic acids is 2. The number of ether oxygens (including phenoxy) is 3. The zero-order chi connectivity index (χ0) is 14.4. The Morgan fingerprint density at radius 1 is 1.32 bits per heavy atom. The lowest BCUT2D eigenvalue weighted by atomic mass is 10.1. The van der Waals surface area contributed by atoms with Gasteiger partial charge in [-0.3, -0.25) is 4.79 Å². The molecule has 1 aromatic carbocycles. The second-order valence-electron chi connectivity index (χ2n) is 3.93. The van der Waals surface area contributed by atoms with E-state index < -0.39 is 12.1 Å². The largest absolute Gasteiger partial charge is 0.497 e. The SMILES string of the molecule is CCOC(=O)C(C)Oc1cc(OC)ccc1C(C)=O. The number of carbonyl (C=O) groups is 2. The molecule has 5 nitrogen and oxygen atoms in total. The molecule has 1 rings (SSSR count). The highest BCUT2D eigenvalue weighted by Gasteiger charge is 2.19. The summed E-state index contributed by atoms with van der Waals surface area (Å²) in [5.41, 5.74) is 0.400. The molecule has 0 saturated carbocycles. The van der Waals surface area contributed by atoms with E-state index >= 15 is 0 Å². The number of esters is 1.